The Hall–Kier alpha value is -1.83. The number of likely N-dealkylation sites (tertiary alicyclic amines) is 1. The lowest BCUT2D eigenvalue weighted by molar-refractivity contribution is 0.0732. The molecule has 1 saturated carbocycles. The molecule has 0 bridgehead atoms. The summed E-state index contributed by atoms with van der Waals surface area (Å²) in [7, 11) is 0. The van der Waals surface area contributed by atoms with Gasteiger partial charge in [-0.15, -0.1) is 5.10 Å². The van der Waals surface area contributed by atoms with Gasteiger partial charge in [0.05, 0.1) is 11.7 Å². The largest absolute Gasteiger partial charge is 0.339 e. The lowest BCUT2D eigenvalue weighted by Gasteiger charge is -2.21. The van der Waals surface area contributed by atoms with Crippen LogP contribution < -0.4 is 0 Å². The standard InChI is InChI=1S/C14H17N5O2S/c1-2-9-11(22-18-16-9)14(20)19-7-3-4-10(19)12-15-13(21-17-12)8-5-6-8/h8,10H,2-7H2,1H3/t10-/m1/s1. The molecule has 2 aliphatic rings. The van der Waals surface area contributed by atoms with Crippen molar-refractivity contribution in [3.05, 3.63) is 22.3 Å². The number of rotatable bonds is 4. The molecule has 4 rings (SSSR count). The third-order valence-electron chi connectivity index (χ3n) is 4.28. The topological polar surface area (TPSA) is 85.0 Å². The Balaban J connectivity index is 1.58. The second-order valence-electron chi connectivity index (χ2n) is 5.82. The predicted octanol–water partition coefficient (Wildman–Crippen LogP) is 2.34. The van der Waals surface area contributed by atoms with E-state index in [1.54, 1.807) is 0 Å². The van der Waals surface area contributed by atoms with Crippen molar-refractivity contribution in [1.29, 1.82) is 0 Å². The lowest BCUT2D eigenvalue weighted by Crippen LogP contribution is -2.31. The zero-order valence-electron chi connectivity index (χ0n) is 12.4. The van der Waals surface area contributed by atoms with Crippen LogP contribution in [-0.4, -0.2) is 37.1 Å². The summed E-state index contributed by atoms with van der Waals surface area (Å²) >= 11 is 1.17. The van der Waals surface area contributed by atoms with Crippen LogP contribution in [0, 0.1) is 0 Å². The number of nitrogens with zero attached hydrogens (tertiary/aromatic N) is 5. The lowest BCUT2D eigenvalue weighted by atomic mass is 10.2. The molecule has 1 amide bonds. The number of carbonyl (C=O) groups excluding carboxylic acids is 1. The zero-order chi connectivity index (χ0) is 15.1. The van der Waals surface area contributed by atoms with Crippen LogP contribution in [0.25, 0.3) is 0 Å². The fourth-order valence-corrected chi connectivity index (χ4v) is 3.60. The Morgan fingerprint density at radius 1 is 1.41 bits per heavy atom. The van der Waals surface area contributed by atoms with Gasteiger partial charge in [-0.1, -0.05) is 16.6 Å². The number of aryl methyl sites for hydroxylation is 1. The molecular formula is C14H17N5O2S. The molecule has 2 aromatic heterocycles. The van der Waals surface area contributed by atoms with E-state index >= 15 is 0 Å². The Kier molecular flexibility index (Phi) is 3.40. The second-order valence-corrected chi connectivity index (χ2v) is 6.58. The molecule has 1 aliphatic heterocycles. The number of hydrogen-bond donors (Lipinski definition) is 0. The average molecular weight is 319 g/mol. The van der Waals surface area contributed by atoms with E-state index in [1.807, 2.05) is 11.8 Å². The van der Waals surface area contributed by atoms with E-state index in [4.69, 9.17) is 4.52 Å². The first-order valence-electron chi connectivity index (χ1n) is 7.73. The van der Waals surface area contributed by atoms with Crippen molar-refractivity contribution in [3.8, 4) is 0 Å². The van der Waals surface area contributed by atoms with Gasteiger partial charge < -0.3 is 9.42 Å². The highest BCUT2D eigenvalue weighted by atomic mass is 32.1. The van der Waals surface area contributed by atoms with Crippen LogP contribution in [0.1, 0.15) is 71.6 Å². The number of carbonyl (C=O) groups is 1. The molecule has 0 spiro atoms. The molecule has 116 valence electrons. The van der Waals surface area contributed by atoms with Gasteiger partial charge in [0, 0.05) is 12.5 Å². The highest BCUT2D eigenvalue weighted by Crippen LogP contribution is 2.40. The quantitative estimate of drug-likeness (QED) is 0.860. The van der Waals surface area contributed by atoms with Gasteiger partial charge in [0.1, 0.15) is 4.88 Å². The SMILES string of the molecule is CCc1nnsc1C(=O)N1CCC[C@@H]1c1noc(C2CC2)n1. The van der Waals surface area contributed by atoms with Gasteiger partial charge in [-0.2, -0.15) is 4.98 Å². The maximum absolute atomic E-state index is 12.8. The van der Waals surface area contributed by atoms with Gasteiger partial charge in [0.15, 0.2) is 5.82 Å². The summed E-state index contributed by atoms with van der Waals surface area (Å²) in [6.45, 7) is 2.70. The summed E-state index contributed by atoms with van der Waals surface area (Å²) in [5.41, 5.74) is 0.771. The zero-order valence-corrected chi connectivity index (χ0v) is 13.2. The molecule has 0 radical (unpaired) electrons. The van der Waals surface area contributed by atoms with Crippen molar-refractivity contribution < 1.29 is 9.32 Å². The molecule has 1 aliphatic carbocycles. The van der Waals surface area contributed by atoms with Crippen molar-refractivity contribution in [3.63, 3.8) is 0 Å². The first kappa shape index (κ1) is 13.8. The van der Waals surface area contributed by atoms with Gasteiger partial charge in [-0.25, -0.2) is 0 Å². The van der Waals surface area contributed by atoms with Crippen LogP contribution in [0.5, 0.6) is 0 Å². The third kappa shape index (κ3) is 2.31. The molecule has 22 heavy (non-hydrogen) atoms. The highest BCUT2D eigenvalue weighted by molar-refractivity contribution is 7.08. The minimum absolute atomic E-state index is 0.00729. The Bertz CT molecular complexity index is 693. The predicted molar refractivity (Wildman–Crippen MR) is 78.6 cm³/mol. The summed E-state index contributed by atoms with van der Waals surface area (Å²) in [6, 6.07) is -0.0874. The second kappa shape index (κ2) is 5.42. The van der Waals surface area contributed by atoms with Crippen molar-refractivity contribution in [2.75, 3.05) is 6.54 Å². The van der Waals surface area contributed by atoms with Gasteiger partial charge in [0.2, 0.25) is 5.89 Å². The minimum Gasteiger partial charge on any atom is -0.339 e. The van der Waals surface area contributed by atoms with E-state index in [1.165, 1.54) is 11.5 Å². The van der Waals surface area contributed by atoms with E-state index in [-0.39, 0.29) is 11.9 Å². The van der Waals surface area contributed by atoms with Crippen LogP contribution in [0.3, 0.4) is 0 Å². The van der Waals surface area contributed by atoms with E-state index in [2.05, 4.69) is 19.7 Å². The molecule has 2 aromatic rings. The molecule has 0 N–H and O–H groups in total. The molecular weight excluding hydrogens is 302 g/mol. The average Bonchev–Trinajstić information content (AvgIpc) is 3.02. The first-order chi connectivity index (χ1) is 10.8. The summed E-state index contributed by atoms with van der Waals surface area (Å²) in [6.07, 6.45) is 4.80. The maximum Gasteiger partial charge on any atom is 0.268 e. The monoisotopic (exact) mass is 319 g/mol. The Morgan fingerprint density at radius 3 is 3.05 bits per heavy atom. The van der Waals surface area contributed by atoms with E-state index in [0.29, 0.717) is 23.0 Å². The summed E-state index contributed by atoms with van der Waals surface area (Å²) in [5.74, 6) is 1.79. The summed E-state index contributed by atoms with van der Waals surface area (Å²) in [5, 5.41) is 8.14. The molecule has 0 unspecified atom stereocenters. The van der Waals surface area contributed by atoms with E-state index < -0.39 is 0 Å². The molecule has 8 heteroatoms. The number of aromatic nitrogens is 4. The number of hydrogen-bond acceptors (Lipinski definition) is 7. The molecule has 7 nitrogen and oxygen atoms in total. The Labute approximate surface area is 131 Å². The minimum atomic E-state index is -0.0874. The summed E-state index contributed by atoms with van der Waals surface area (Å²) in [4.78, 5) is 19.8. The molecule has 0 aromatic carbocycles. The normalized spacial score (nSPS) is 21.5. The van der Waals surface area contributed by atoms with Gasteiger partial charge in [0.25, 0.3) is 5.91 Å². The van der Waals surface area contributed by atoms with E-state index in [9.17, 15) is 4.79 Å². The molecule has 3 heterocycles. The van der Waals surface area contributed by atoms with Gasteiger partial charge in [-0.3, -0.25) is 4.79 Å². The molecule has 1 saturated heterocycles. The van der Waals surface area contributed by atoms with Crippen LogP contribution in [-0.2, 0) is 6.42 Å². The van der Waals surface area contributed by atoms with Crippen molar-refractivity contribution in [1.82, 2.24) is 24.6 Å². The highest BCUT2D eigenvalue weighted by Gasteiger charge is 2.37. The van der Waals surface area contributed by atoms with Gasteiger partial charge in [-0.05, 0) is 43.6 Å². The van der Waals surface area contributed by atoms with Crippen LogP contribution >= 0.6 is 11.5 Å². The van der Waals surface area contributed by atoms with Crippen molar-refractivity contribution in [2.24, 2.45) is 0 Å². The fourth-order valence-electron chi connectivity index (χ4n) is 2.89. The van der Waals surface area contributed by atoms with Crippen LogP contribution in [0.4, 0.5) is 0 Å². The maximum atomic E-state index is 12.8. The molecule has 1 atom stereocenters. The first-order valence-corrected chi connectivity index (χ1v) is 8.51. The van der Waals surface area contributed by atoms with Crippen LogP contribution in [0.15, 0.2) is 4.52 Å². The molecule has 2 fully saturated rings. The van der Waals surface area contributed by atoms with Crippen molar-refractivity contribution >= 4 is 17.4 Å². The van der Waals surface area contributed by atoms with Gasteiger partial charge >= 0.3 is 0 Å². The van der Waals surface area contributed by atoms with Crippen molar-refractivity contribution in [2.45, 2.75) is 51.0 Å². The number of amides is 1. The van der Waals surface area contributed by atoms with E-state index in [0.717, 1.165) is 43.8 Å². The smallest absolute Gasteiger partial charge is 0.268 e. The third-order valence-corrected chi connectivity index (χ3v) is 5.04. The Morgan fingerprint density at radius 2 is 2.27 bits per heavy atom. The summed E-state index contributed by atoms with van der Waals surface area (Å²) < 4.78 is 9.26. The fraction of sp³-hybridized carbons (Fsp3) is 0.643. The van der Waals surface area contributed by atoms with Crippen LogP contribution in [0.2, 0.25) is 0 Å².